The van der Waals surface area contributed by atoms with E-state index in [1.807, 2.05) is 0 Å². The summed E-state index contributed by atoms with van der Waals surface area (Å²) in [5, 5.41) is 10.1. The van der Waals surface area contributed by atoms with Gasteiger partial charge in [0.2, 0.25) is 0 Å². The van der Waals surface area contributed by atoms with Gasteiger partial charge in [-0.05, 0) is 76.8 Å². The summed E-state index contributed by atoms with van der Waals surface area (Å²) in [4.78, 5) is 28.1. The molecule has 322 valence electrons. The van der Waals surface area contributed by atoms with Gasteiger partial charge in [-0.25, -0.2) is 0 Å². The normalized spacial score (nSPS) is 13.3. The summed E-state index contributed by atoms with van der Waals surface area (Å²) in [6.45, 7) is 14.4. The van der Waals surface area contributed by atoms with E-state index < -0.39 is 0 Å². The van der Waals surface area contributed by atoms with Crippen molar-refractivity contribution in [2.45, 2.75) is 253 Å². The molecule has 0 spiro atoms. The van der Waals surface area contributed by atoms with E-state index >= 15 is 0 Å². The molecule has 0 aromatic carbocycles. The molecule has 0 aliphatic heterocycles. The van der Waals surface area contributed by atoms with Crippen LogP contribution >= 0.6 is 0 Å². The number of nitrogens with zero attached hydrogens (tertiary/aromatic N) is 1. The molecular weight excluding hydrogens is 671 g/mol. The number of esters is 2. The lowest BCUT2D eigenvalue weighted by Gasteiger charge is -2.30. The van der Waals surface area contributed by atoms with Crippen molar-refractivity contribution < 1.29 is 24.2 Å². The molecule has 0 aromatic heterocycles. The van der Waals surface area contributed by atoms with Gasteiger partial charge in [-0.2, -0.15) is 0 Å². The molecule has 0 saturated heterocycles. The highest BCUT2D eigenvalue weighted by atomic mass is 16.5. The van der Waals surface area contributed by atoms with Crippen LogP contribution in [0.5, 0.6) is 0 Å². The monoisotopic (exact) mass is 766 g/mol. The molecule has 3 unspecified atom stereocenters. The molecular formula is C48H95NO5. The van der Waals surface area contributed by atoms with Crippen LogP contribution in [0.4, 0.5) is 0 Å². The maximum Gasteiger partial charge on any atom is 0.308 e. The van der Waals surface area contributed by atoms with Crippen LogP contribution in [0, 0.1) is 11.8 Å². The van der Waals surface area contributed by atoms with Crippen molar-refractivity contribution in [3.05, 3.63) is 0 Å². The van der Waals surface area contributed by atoms with Gasteiger partial charge in [0.05, 0.1) is 25.7 Å². The van der Waals surface area contributed by atoms with Crippen LogP contribution in [0.15, 0.2) is 0 Å². The van der Waals surface area contributed by atoms with E-state index in [0.29, 0.717) is 25.6 Å². The first kappa shape index (κ1) is 52.9. The molecule has 0 saturated carbocycles. The zero-order chi connectivity index (χ0) is 39.7. The average molecular weight is 766 g/mol. The van der Waals surface area contributed by atoms with E-state index in [1.54, 1.807) is 0 Å². The Morgan fingerprint density at radius 3 is 1.43 bits per heavy atom. The zero-order valence-electron chi connectivity index (χ0n) is 37.1. The van der Waals surface area contributed by atoms with Gasteiger partial charge >= 0.3 is 11.9 Å². The van der Waals surface area contributed by atoms with E-state index in [0.717, 1.165) is 90.1 Å². The number of rotatable bonds is 43. The summed E-state index contributed by atoms with van der Waals surface area (Å²) in [5.41, 5.74) is 0. The van der Waals surface area contributed by atoms with Crippen molar-refractivity contribution in [3.8, 4) is 0 Å². The van der Waals surface area contributed by atoms with Crippen molar-refractivity contribution in [2.75, 3.05) is 32.9 Å². The molecule has 0 amide bonds. The largest absolute Gasteiger partial charge is 0.465 e. The van der Waals surface area contributed by atoms with E-state index in [2.05, 4.69) is 39.5 Å². The lowest BCUT2D eigenvalue weighted by Crippen LogP contribution is -2.39. The van der Waals surface area contributed by atoms with Gasteiger partial charge in [-0.1, -0.05) is 182 Å². The first-order valence-corrected chi connectivity index (χ1v) is 24.1. The van der Waals surface area contributed by atoms with Crippen LogP contribution in [-0.4, -0.2) is 60.9 Å². The number of ether oxygens (including phenoxy) is 2. The standard InChI is InChI=1S/C48H95NO5/c1-6-11-15-19-21-27-35-44(34-26-17-13-8-3)43-54-47(51)38-30-25-32-40-49(46(10-5)42-50)39-31-23-24-33-41-53-48(52)45(36-28-18-14-9-4)37-29-22-20-16-12-7-2/h44-46,50H,6-43H2,1-5H3. The first-order valence-electron chi connectivity index (χ1n) is 24.1. The molecule has 54 heavy (non-hydrogen) atoms. The summed E-state index contributed by atoms with van der Waals surface area (Å²) in [6.07, 6.45) is 38.3. The Morgan fingerprint density at radius 2 is 0.926 bits per heavy atom. The van der Waals surface area contributed by atoms with Crippen molar-refractivity contribution in [1.82, 2.24) is 4.90 Å². The summed E-state index contributed by atoms with van der Waals surface area (Å²) >= 11 is 0. The third-order valence-electron chi connectivity index (χ3n) is 11.7. The van der Waals surface area contributed by atoms with Gasteiger partial charge in [0.15, 0.2) is 0 Å². The molecule has 0 fully saturated rings. The van der Waals surface area contributed by atoms with E-state index in [1.165, 1.54) is 128 Å². The molecule has 1 N–H and O–H groups in total. The summed E-state index contributed by atoms with van der Waals surface area (Å²) in [7, 11) is 0. The minimum Gasteiger partial charge on any atom is -0.465 e. The maximum atomic E-state index is 13.0. The second-order valence-electron chi connectivity index (χ2n) is 16.7. The summed E-state index contributed by atoms with van der Waals surface area (Å²) in [5.74, 6) is 0.607. The molecule has 0 aliphatic carbocycles. The van der Waals surface area contributed by atoms with Gasteiger partial charge in [0, 0.05) is 12.5 Å². The van der Waals surface area contributed by atoms with Crippen LogP contribution in [0.2, 0.25) is 0 Å². The van der Waals surface area contributed by atoms with Gasteiger partial charge in [0.25, 0.3) is 0 Å². The highest BCUT2D eigenvalue weighted by Crippen LogP contribution is 2.22. The predicted molar refractivity (Wildman–Crippen MR) is 232 cm³/mol. The second-order valence-corrected chi connectivity index (χ2v) is 16.7. The van der Waals surface area contributed by atoms with Crippen LogP contribution in [0.3, 0.4) is 0 Å². The summed E-state index contributed by atoms with van der Waals surface area (Å²) < 4.78 is 11.6. The quantitative estimate of drug-likeness (QED) is 0.0492. The number of aliphatic hydroxyl groups is 1. The number of unbranched alkanes of at least 4 members (excludes halogenated alkanes) is 21. The van der Waals surface area contributed by atoms with E-state index in [9.17, 15) is 14.7 Å². The lowest BCUT2D eigenvalue weighted by atomic mass is 9.94. The molecule has 0 heterocycles. The van der Waals surface area contributed by atoms with Crippen LogP contribution in [0.1, 0.15) is 247 Å². The fourth-order valence-corrected chi connectivity index (χ4v) is 7.84. The zero-order valence-corrected chi connectivity index (χ0v) is 37.1. The topological polar surface area (TPSA) is 76.1 Å². The lowest BCUT2D eigenvalue weighted by molar-refractivity contribution is -0.149. The summed E-state index contributed by atoms with van der Waals surface area (Å²) in [6, 6.07) is 0.192. The number of carbonyl (C=O) groups excluding carboxylic acids is 2. The van der Waals surface area contributed by atoms with Crippen LogP contribution in [0.25, 0.3) is 0 Å². The van der Waals surface area contributed by atoms with Crippen LogP contribution in [-0.2, 0) is 19.1 Å². The Kier molecular flexibility index (Phi) is 40.6. The fraction of sp³-hybridized carbons (Fsp3) is 0.958. The third kappa shape index (κ3) is 33.0. The maximum absolute atomic E-state index is 13.0. The van der Waals surface area contributed by atoms with Crippen LogP contribution < -0.4 is 0 Å². The average Bonchev–Trinajstić information content (AvgIpc) is 3.18. The molecule has 0 radical (unpaired) electrons. The first-order chi connectivity index (χ1) is 26.5. The highest BCUT2D eigenvalue weighted by molar-refractivity contribution is 5.72. The van der Waals surface area contributed by atoms with Gasteiger partial charge in [-0.3, -0.25) is 14.5 Å². The number of hydrogen-bond acceptors (Lipinski definition) is 6. The molecule has 0 bridgehead atoms. The minimum atomic E-state index is -0.0267. The molecule has 0 aromatic rings. The molecule has 3 atom stereocenters. The SMILES string of the molecule is CCCCCCCCC(CCCCCC)COC(=O)CCCCCN(CCCCCCOC(=O)C(CCCCCC)CCCCCCCC)C(CC)CO. The highest BCUT2D eigenvalue weighted by Gasteiger charge is 2.20. The Labute approximate surface area is 337 Å². The Balaban J connectivity index is 4.42. The molecule has 6 heteroatoms. The number of hydrogen-bond donors (Lipinski definition) is 1. The Bertz CT molecular complexity index is 787. The van der Waals surface area contributed by atoms with E-state index in [4.69, 9.17) is 9.47 Å². The Morgan fingerprint density at radius 1 is 0.500 bits per heavy atom. The predicted octanol–water partition coefficient (Wildman–Crippen LogP) is 13.9. The van der Waals surface area contributed by atoms with Crippen molar-refractivity contribution in [3.63, 3.8) is 0 Å². The number of carbonyl (C=O) groups is 2. The van der Waals surface area contributed by atoms with E-state index in [-0.39, 0.29) is 30.5 Å². The van der Waals surface area contributed by atoms with Gasteiger partial charge < -0.3 is 14.6 Å². The molecule has 0 rings (SSSR count). The third-order valence-corrected chi connectivity index (χ3v) is 11.7. The minimum absolute atomic E-state index is 0.0267. The fourth-order valence-electron chi connectivity index (χ4n) is 7.84. The van der Waals surface area contributed by atoms with Gasteiger partial charge in [0.1, 0.15) is 0 Å². The van der Waals surface area contributed by atoms with Crippen molar-refractivity contribution >= 4 is 11.9 Å². The van der Waals surface area contributed by atoms with Crippen molar-refractivity contribution in [2.24, 2.45) is 11.8 Å². The molecule has 6 nitrogen and oxygen atoms in total. The van der Waals surface area contributed by atoms with Gasteiger partial charge in [-0.15, -0.1) is 0 Å². The smallest absolute Gasteiger partial charge is 0.308 e. The number of aliphatic hydroxyl groups excluding tert-OH is 1. The second kappa shape index (κ2) is 41.5. The Hall–Kier alpha value is -1.14. The van der Waals surface area contributed by atoms with Crippen molar-refractivity contribution in [1.29, 1.82) is 0 Å². The molecule has 0 aliphatic rings.